The average Bonchev–Trinajstić information content (AvgIpc) is 3.57. The van der Waals surface area contributed by atoms with E-state index in [1.165, 1.54) is 54.5 Å². The zero-order valence-electron chi connectivity index (χ0n) is 27.8. The molecule has 0 saturated carbocycles. The third-order valence-electron chi connectivity index (χ3n) is 9.44. The number of para-hydroxylation sites is 3. The topological polar surface area (TPSA) is 26.6 Å². The molecule has 45 heavy (non-hydrogen) atoms. The number of hydrogen-bond acceptors (Lipinski definition) is 1. The van der Waals surface area contributed by atoms with Crippen LogP contribution >= 0.6 is 0 Å². The molecule has 0 bridgehead atoms. The van der Waals surface area contributed by atoms with Crippen molar-refractivity contribution in [3.63, 3.8) is 0 Å². The van der Waals surface area contributed by atoms with E-state index in [2.05, 4.69) is 178 Å². The second kappa shape index (κ2) is 10.3. The molecule has 7 aromatic rings. The van der Waals surface area contributed by atoms with Crippen LogP contribution in [0.2, 0.25) is 13.1 Å². The van der Waals surface area contributed by atoms with Crippen molar-refractivity contribution in [1.82, 2.24) is 14.1 Å². The lowest BCUT2D eigenvalue weighted by atomic mass is 9.88. The zero-order valence-corrected chi connectivity index (χ0v) is 28.8. The quantitative estimate of drug-likeness (QED) is 0.146. The highest BCUT2D eigenvalue weighted by Crippen LogP contribution is 2.33. The van der Waals surface area contributed by atoms with Gasteiger partial charge in [0, 0.05) is 17.0 Å². The number of benzene rings is 4. The van der Waals surface area contributed by atoms with Crippen molar-refractivity contribution in [3.8, 4) is 11.5 Å². The van der Waals surface area contributed by atoms with E-state index in [4.69, 9.17) is 4.98 Å². The van der Waals surface area contributed by atoms with Crippen LogP contribution in [0.3, 0.4) is 0 Å². The van der Waals surface area contributed by atoms with E-state index in [1.807, 2.05) is 6.20 Å². The van der Waals surface area contributed by atoms with Gasteiger partial charge in [0.1, 0.15) is 25.1 Å². The molecule has 5 heteroatoms. The van der Waals surface area contributed by atoms with Gasteiger partial charge < -0.3 is 0 Å². The highest BCUT2D eigenvalue weighted by atomic mass is 28.3. The lowest BCUT2D eigenvalue weighted by Gasteiger charge is -2.24. The smallest absolute Gasteiger partial charge is 0.250 e. The molecule has 0 aliphatic carbocycles. The Morgan fingerprint density at radius 3 is 2.09 bits per heavy atom. The van der Waals surface area contributed by atoms with Crippen molar-refractivity contribution in [2.24, 2.45) is 0 Å². The van der Waals surface area contributed by atoms with Crippen LogP contribution in [0.1, 0.15) is 47.1 Å². The van der Waals surface area contributed by atoms with Crippen molar-refractivity contribution in [2.45, 2.75) is 65.6 Å². The van der Waals surface area contributed by atoms with Gasteiger partial charge in [-0.1, -0.05) is 98.8 Å². The normalized spacial score (nSPS) is 12.9. The molecule has 0 saturated heterocycles. The standard InChI is InChI=1S/C40H43N4Si/c1-39(2,3)28-22-23-41-38(24-28)44-34-17-10-9-16-32(34)33-21-20-31(26-37(33)44)45(7,8)30-15-13-14-29(25-30)42-27-43(40(4,5)6)36-19-12-11-18-35(36)42/h9-27H,1-8H3/q+1. The van der Waals surface area contributed by atoms with Crippen LogP contribution in [-0.4, -0.2) is 22.2 Å². The first-order valence-corrected chi connectivity index (χ1v) is 19.0. The van der Waals surface area contributed by atoms with Gasteiger partial charge in [-0.25, -0.2) is 9.55 Å². The molecule has 0 unspecified atom stereocenters. The Morgan fingerprint density at radius 1 is 0.644 bits per heavy atom. The maximum atomic E-state index is 4.90. The molecule has 0 atom stereocenters. The van der Waals surface area contributed by atoms with Gasteiger partial charge in [-0.3, -0.25) is 4.57 Å². The minimum atomic E-state index is -2.10. The summed E-state index contributed by atoms with van der Waals surface area (Å²) in [6.07, 6.45) is 4.22. The number of pyridine rings is 1. The fourth-order valence-electron chi connectivity index (χ4n) is 6.68. The number of hydrogen-bond donors (Lipinski definition) is 0. The molecule has 3 heterocycles. The van der Waals surface area contributed by atoms with E-state index < -0.39 is 8.07 Å². The highest BCUT2D eigenvalue weighted by Gasteiger charge is 2.30. The molecule has 4 aromatic carbocycles. The third kappa shape index (κ3) is 4.90. The second-order valence-electron chi connectivity index (χ2n) is 14.9. The van der Waals surface area contributed by atoms with Gasteiger partial charge in [0.2, 0.25) is 6.33 Å². The van der Waals surface area contributed by atoms with Gasteiger partial charge >= 0.3 is 0 Å². The molecule has 3 aromatic heterocycles. The van der Waals surface area contributed by atoms with E-state index in [-0.39, 0.29) is 11.0 Å². The first-order chi connectivity index (χ1) is 21.3. The summed E-state index contributed by atoms with van der Waals surface area (Å²) in [6, 6.07) is 38.2. The summed E-state index contributed by atoms with van der Waals surface area (Å²) in [5.74, 6) is 0.971. The Bertz CT molecular complexity index is 2220. The minimum Gasteiger partial charge on any atom is -0.294 e. The maximum Gasteiger partial charge on any atom is 0.250 e. The van der Waals surface area contributed by atoms with Crippen LogP contribution in [0.4, 0.5) is 0 Å². The largest absolute Gasteiger partial charge is 0.294 e. The van der Waals surface area contributed by atoms with Crippen molar-refractivity contribution < 1.29 is 4.57 Å². The number of fused-ring (bicyclic) bond motifs is 4. The molecule has 0 aliphatic heterocycles. The molecule has 0 aliphatic rings. The molecular weight excluding hydrogens is 565 g/mol. The van der Waals surface area contributed by atoms with Crippen LogP contribution in [0.5, 0.6) is 0 Å². The van der Waals surface area contributed by atoms with E-state index in [0.717, 1.165) is 5.82 Å². The molecule has 7 rings (SSSR count). The van der Waals surface area contributed by atoms with Crippen LogP contribution < -0.4 is 14.9 Å². The van der Waals surface area contributed by atoms with Crippen LogP contribution in [-0.2, 0) is 11.0 Å². The van der Waals surface area contributed by atoms with Crippen molar-refractivity contribution in [2.75, 3.05) is 0 Å². The zero-order chi connectivity index (χ0) is 31.7. The SMILES string of the molecule is CC(C)(C)c1ccnc(-n2c3ccccc3c3ccc([Si](C)(C)c4cccc(-n5c[n+](C(C)(C)C)c6ccccc65)c4)cc32)c1. The lowest BCUT2D eigenvalue weighted by Crippen LogP contribution is -2.53. The third-order valence-corrected chi connectivity index (χ3v) is 12.9. The van der Waals surface area contributed by atoms with Gasteiger partial charge in [-0.05, 0) is 80.3 Å². The predicted molar refractivity (Wildman–Crippen MR) is 192 cm³/mol. The van der Waals surface area contributed by atoms with Crippen LogP contribution in [0.15, 0.2) is 116 Å². The summed E-state index contributed by atoms with van der Waals surface area (Å²) in [5.41, 5.74) is 7.37. The number of aromatic nitrogens is 4. The molecule has 0 spiro atoms. The predicted octanol–water partition coefficient (Wildman–Crippen LogP) is 8.29. The molecule has 226 valence electrons. The summed E-state index contributed by atoms with van der Waals surface area (Å²) >= 11 is 0. The number of rotatable bonds is 4. The Kier molecular flexibility index (Phi) is 6.68. The number of nitrogens with zero attached hydrogens (tertiary/aromatic N) is 4. The Balaban J connectivity index is 1.39. The van der Waals surface area contributed by atoms with Crippen LogP contribution in [0, 0.1) is 0 Å². The average molecular weight is 608 g/mol. The van der Waals surface area contributed by atoms with Gasteiger partial charge in [-0.2, -0.15) is 4.57 Å². The first-order valence-electron chi connectivity index (χ1n) is 16.0. The number of imidazole rings is 1. The minimum absolute atomic E-state index is 0.0222. The Hall–Kier alpha value is -4.48. The summed E-state index contributed by atoms with van der Waals surface area (Å²) in [6.45, 7) is 18.5. The summed E-state index contributed by atoms with van der Waals surface area (Å²) in [5, 5.41) is 5.34. The van der Waals surface area contributed by atoms with Crippen molar-refractivity contribution in [1.29, 1.82) is 0 Å². The fraction of sp³-hybridized carbons (Fsp3) is 0.250. The molecular formula is C40H43N4Si+. The Labute approximate surface area is 267 Å². The van der Waals surface area contributed by atoms with Gasteiger partial charge in [0.25, 0.3) is 0 Å². The molecule has 4 nitrogen and oxygen atoms in total. The van der Waals surface area contributed by atoms with Crippen LogP contribution in [0.25, 0.3) is 44.3 Å². The first kappa shape index (κ1) is 29.2. The van der Waals surface area contributed by atoms with Crippen molar-refractivity contribution in [3.05, 3.63) is 121 Å². The van der Waals surface area contributed by atoms with E-state index >= 15 is 0 Å². The highest BCUT2D eigenvalue weighted by molar-refractivity contribution is 7.00. The van der Waals surface area contributed by atoms with E-state index in [1.54, 1.807) is 0 Å². The lowest BCUT2D eigenvalue weighted by molar-refractivity contribution is -0.731. The maximum absolute atomic E-state index is 4.90. The Morgan fingerprint density at radius 2 is 1.33 bits per heavy atom. The fourth-order valence-corrected chi connectivity index (χ4v) is 9.03. The molecule has 0 N–H and O–H groups in total. The van der Waals surface area contributed by atoms with Gasteiger partial charge in [-0.15, -0.1) is 0 Å². The van der Waals surface area contributed by atoms with E-state index in [9.17, 15) is 0 Å². The molecule has 0 fully saturated rings. The van der Waals surface area contributed by atoms with Gasteiger partial charge in [0.05, 0.1) is 11.0 Å². The molecule has 0 amide bonds. The monoisotopic (exact) mass is 607 g/mol. The summed E-state index contributed by atoms with van der Waals surface area (Å²) in [7, 11) is -2.10. The van der Waals surface area contributed by atoms with Gasteiger partial charge in [0.15, 0.2) is 11.0 Å². The summed E-state index contributed by atoms with van der Waals surface area (Å²) < 4.78 is 7.10. The summed E-state index contributed by atoms with van der Waals surface area (Å²) in [4.78, 5) is 4.90. The second-order valence-corrected chi connectivity index (χ2v) is 19.3. The van der Waals surface area contributed by atoms with Crippen molar-refractivity contribution >= 4 is 51.3 Å². The van der Waals surface area contributed by atoms with E-state index in [0.29, 0.717) is 0 Å². The molecule has 0 radical (unpaired) electrons.